The van der Waals surface area contributed by atoms with Crippen molar-refractivity contribution < 1.29 is 4.79 Å². The quantitative estimate of drug-likeness (QED) is 0.935. The third-order valence-corrected chi connectivity index (χ3v) is 2.97. The van der Waals surface area contributed by atoms with Crippen molar-refractivity contribution in [3.05, 3.63) is 47.4 Å². The van der Waals surface area contributed by atoms with Crippen molar-refractivity contribution in [2.24, 2.45) is 0 Å². The van der Waals surface area contributed by atoms with Crippen LogP contribution in [0.1, 0.15) is 10.4 Å². The number of carbonyl (C=O) groups is 1. The summed E-state index contributed by atoms with van der Waals surface area (Å²) in [6.45, 7) is 0. The number of anilines is 2. The Balaban J connectivity index is 2.27. The van der Waals surface area contributed by atoms with Gasteiger partial charge in [0.25, 0.3) is 5.91 Å². The second-order valence-electron chi connectivity index (χ2n) is 3.87. The third-order valence-electron chi connectivity index (χ3n) is 2.68. The monoisotopic (exact) mass is 276 g/mol. The minimum absolute atomic E-state index is 0.178. The van der Waals surface area contributed by atoms with Gasteiger partial charge in [-0.1, -0.05) is 11.6 Å². The number of amides is 1. The minimum atomic E-state index is -0.178. The molecular formula is C13H13ClN4O. The van der Waals surface area contributed by atoms with Crippen molar-refractivity contribution >= 4 is 29.0 Å². The Morgan fingerprint density at radius 3 is 2.63 bits per heavy atom. The summed E-state index contributed by atoms with van der Waals surface area (Å²) in [5, 5.41) is 3.26. The number of pyridine rings is 2. The third kappa shape index (κ3) is 2.82. The fraction of sp³-hybridized carbons (Fsp3) is 0.154. The average Bonchev–Trinajstić information content (AvgIpc) is 2.46. The summed E-state index contributed by atoms with van der Waals surface area (Å²) in [5.41, 5.74) is 1.19. The van der Waals surface area contributed by atoms with Gasteiger partial charge in [0.15, 0.2) is 0 Å². The molecule has 0 aliphatic rings. The highest BCUT2D eigenvalue weighted by Crippen LogP contribution is 2.21. The van der Waals surface area contributed by atoms with Gasteiger partial charge >= 0.3 is 0 Å². The van der Waals surface area contributed by atoms with Crippen LogP contribution in [0.2, 0.25) is 5.02 Å². The zero-order valence-electron chi connectivity index (χ0n) is 10.6. The molecule has 6 heteroatoms. The van der Waals surface area contributed by atoms with E-state index in [0.717, 1.165) is 5.69 Å². The topological polar surface area (TPSA) is 58.1 Å². The van der Waals surface area contributed by atoms with Crippen molar-refractivity contribution in [2.45, 2.75) is 0 Å². The molecule has 0 saturated heterocycles. The van der Waals surface area contributed by atoms with E-state index in [2.05, 4.69) is 15.3 Å². The van der Waals surface area contributed by atoms with Gasteiger partial charge in [-0.25, -0.2) is 4.98 Å². The first-order valence-corrected chi connectivity index (χ1v) is 6.02. The molecule has 1 N–H and O–H groups in total. The van der Waals surface area contributed by atoms with Crippen LogP contribution < -0.4 is 10.2 Å². The highest BCUT2D eigenvalue weighted by Gasteiger charge is 2.15. The van der Waals surface area contributed by atoms with Gasteiger partial charge in [0.2, 0.25) is 0 Å². The largest absolute Gasteiger partial charge is 0.372 e. The maximum absolute atomic E-state index is 12.3. The zero-order valence-corrected chi connectivity index (χ0v) is 11.3. The summed E-state index contributed by atoms with van der Waals surface area (Å²) in [4.78, 5) is 21.8. The first-order valence-electron chi connectivity index (χ1n) is 5.65. The molecule has 0 radical (unpaired) electrons. The molecule has 0 bridgehead atoms. The van der Waals surface area contributed by atoms with Gasteiger partial charge in [-0.15, -0.1) is 0 Å². The molecule has 0 aromatic carbocycles. The smallest absolute Gasteiger partial charge is 0.259 e. The van der Waals surface area contributed by atoms with Crippen LogP contribution in [0.25, 0.3) is 0 Å². The number of hydrogen-bond acceptors (Lipinski definition) is 4. The van der Waals surface area contributed by atoms with Gasteiger partial charge in [-0.3, -0.25) is 9.78 Å². The van der Waals surface area contributed by atoms with Crippen LogP contribution in [0.15, 0.2) is 36.8 Å². The lowest BCUT2D eigenvalue weighted by Gasteiger charge is -2.17. The normalized spacial score (nSPS) is 10.1. The number of nitrogens with one attached hydrogen (secondary N) is 1. The number of aromatic nitrogens is 2. The van der Waals surface area contributed by atoms with E-state index in [1.54, 1.807) is 44.7 Å². The Morgan fingerprint density at radius 1 is 1.37 bits per heavy atom. The van der Waals surface area contributed by atoms with Gasteiger partial charge in [0.05, 0.1) is 10.6 Å². The summed E-state index contributed by atoms with van der Waals surface area (Å²) < 4.78 is 0. The minimum Gasteiger partial charge on any atom is -0.372 e. The van der Waals surface area contributed by atoms with Gasteiger partial charge in [0, 0.05) is 38.4 Å². The molecule has 2 aromatic heterocycles. The lowest BCUT2D eigenvalue weighted by atomic mass is 10.2. The van der Waals surface area contributed by atoms with E-state index in [1.807, 2.05) is 0 Å². The number of halogens is 1. The SMILES string of the molecule is CNc1ncc(C(=O)N(C)c2ccncc2)cc1Cl. The molecule has 19 heavy (non-hydrogen) atoms. The summed E-state index contributed by atoms with van der Waals surface area (Å²) in [5.74, 6) is 0.369. The number of rotatable bonds is 3. The van der Waals surface area contributed by atoms with Crippen LogP contribution in [-0.2, 0) is 0 Å². The van der Waals surface area contributed by atoms with E-state index in [1.165, 1.54) is 11.1 Å². The standard InChI is InChI=1S/C13H13ClN4O/c1-15-12-11(14)7-9(8-17-12)13(19)18(2)10-3-5-16-6-4-10/h3-8H,1-2H3,(H,15,17). The fourth-order valence-electron chi connectivity index (χ4n) is 1.62. The maximum atomic E-state index is 12.3. The lowest BCUT2D eigenvalue weighted by Crippen LogP contribution is -2.26. The van der Waals surface area contributed by atoms with Gasteiger partial charge < -0.3 is 10.2 Å². The molecule has 5 nitrogen and oxygen atoms in total. The van der Waals surface area contributed by atoms with Crippen molar-refractivity contribution in [1.29, 1.82) is 0 Å². The van der Waals surface area contributed by atoms with Crippen LogP contribution in [-0.4, -0.2) is 30.0 Å². The molecule has 0 fully saturated rings. The molecule has 0 spiro atoms. The van der Waals surface area contributed by atoms with Crippen molar-refractivity contribution in [2.75, 3.05) is 24.3 Å². The summed E-state index contributed by atoms with van der Waals surface area (Å²) in [7, 11) is 3.41. The second kappa shape index (κ2) is 5.67. The molecule has 2 aromatic rings. The molecular weight excluding hydrogens is 264 g/mol. The highest BCUT2D eigenvalue weighted by atomic mass is 35.5. The Morgan fingerprint density at radius 2 is 2.05 bits per heavy atom. The summed E-state index contributed by atoms with van der Waals surface area (Å²) in [6, 6.07) is 5.12. The van der Waals surface area contributed by atoms with Gasteiger partial charge in [0.1, 0.15) is 5.82 Å². The Bertz CT molecular complexity index is 588. The maximum Gasteiger partial charge on any atom is 0.259 e. The molecule has 0 aliphatic heterocycles. The molecule has 0 unspecified atom stereocenters. The average molecular weight is 277 g/mol. The van der Waals surface area contributed by atoms with Gasteiger partial charge in [-0.2, -0.15) is 0 Å². The second-order valence-corrected chi connectivity index (χ2v) is 4.28. The van der Waals surface area contributed by atoms with Crippen LogP contribution >= 0.6 is 11.6 Å². The number of carbonyl (C=O) groups excluding carboxylic acids is 1. The van der Waals surface area contributed by atoms with Crippen molar-refractivity contribution in [3.8, 4) is 0 Å². The Hall–Kier alpha value is -2.14. The van der Waals surface area contributed by atoms with Crippen molar-refractivity contribution in [1.82, 2.24) is 9.97 Å². The Labute approximate surface area is 116 Å². The summed E-state index contributed by atoms with van der Waals surface area (Å²) in [6.07, 6.45) is 4.76. The van der Waals surface area contributed by atoms with Crippen LogP contribution in [0.4, 0.5) is 11.5 Å². The van der Waals surface area contributed by atoms with Crippen molar-refractivity contribution in [3.63, 3.8) is 0 Å². The predicted molar refractivity (Wildman–Crippen MR) is 75.8 cm³/mol. The van der Waals surface area contributed by atoms with Crippen LogP contribution in [0.5, 0.6) is 0 Å². The first-order chi connectivity index (χ1) is 9.13. The zero-order chi connectivity index (χ0) is 13.8. The molecule has 0 saturated carbocycles. The van der Waals surface area contributed by atoms with E-state index in [4.69, 9.17) is 11.6 Å². The van der Waals surface area contributed by atoms with E-state index in [-0.39, 0.29) is 5.91 Å². The van der Waals surface area contributed by atoms with E-state index in [9.17, 15) is 4.79 Å². The van der Waals surface area contributed by atoms with E-state index in [0.29, 0.717) is 16.4 Å². The van der Waals surface area contributed by atoms with Crippen LogP contribution in [0, 0.1) is 0 Å². The Kier molecular flexibility index (Phi) is 3.97. The predicted octanol–water partition coefficient (Wildman–Crippen LogP) is 2.45. The molecule has 0 atom stereocenters. The van der Waals surface area contributed by atoms with E-state index >= 15 is 0 Å². The fourth-order valence-corrected chi connectivity index (χ4v) is 1.88. The first kappa shape index (κ1) is 13.3. The lowest BCUT2D eigenvalue weighted by molar-refractivity contribution is 0.0992. The number of hydrogen-bond donors (Lipinski definition) is 1. The molecule has 2 heterocycles. The molecule has 98 valence electrons. The molecule has 0 aliphatic carbocycles. The van der Waals surface area contributed by atoms with E-state index < -0.39 is 0 Å². The molecule has 1 amide bonds. The highest BCUT2D eigenvalue weighted by molar-refractivity contribution is 6.33. The van der Waals surface area contributed by atoms with Crippen LogP contribution in [0.3, 0.4) is 0 Å². The summed E-state index contributed by atoms with van der Waals surface area (Å²) >= 11 is 6.02. The molecule has 2 rings (SSSR count). The number of nitrogens with zero attached hydrogens (tertiary/aromatic N) is 3. The van der Waals surface area contributed by atoms with Gasteiger partial charge in [-0.05, 0) is 18.2 Å².